The Kier molecular flexibility index (Phi) is 5.62. The lowest BCUT2D eigenvalue weighted by atomic mass is 9.53. The van der Waals surface area contributed by atoms with Crippen LogP contribution in [0.4, 0.5) is 10.1 Å². The van der Waals surface area contributed by atoms with E-state index >= 15 is 0 Å². The Morgan fingerprint density at radius 2 is 1.61 bits per heavy atom. The van der Waals surface area contributed by atoms with Crippen LogP contribution >= 0.6 is 0 Å². The second kappa shape index (κ2) is 9.05. The monoisotopic (exact) mass is 508 g/mol. The molecular weight excluding hydrogens is 475 g/mol. The van der Waals surface area contributed by atoms with Crippen molar-refractivity contribution in [3.05, 3.63) is 83.7 Å². The van der Waals surface area contributed by atoms with E-state index in [1.165, 1.54) is 68.4 Å². The second-order valence-corrected chi connectivity index (χ2v) is 12.0. The Bertz CT molecular complexity index is 1460. The highest BCUT2D eigenvalue weighted by molar-refractivity contribution is 6.04. The van der Waals surface area contributed by atoms with Gasteiger partial charge in [0, 0.05) is 28.4 Å². The second-order valence-electron chi connectivity index (χ2n) is 12.0. The fourth-order valence-electron chi connectivity index (χ4n) is 7.78. The number of rotatable bonds is 6. The predicted molar refractivity (Wildman–Crippen MR) is 148 cm³/mol. The van der Waals surface area contributed by atoms with Crippen molar-refractivity contribution in [3.8, 4) is 11.4 Å². The summed E-state index contributed by atoms with van der Waals surface area (Å²) in [5, 5.41) is 6.95. The quantitative estimate of drug-likeness (QED) is 0.257. The van der Waals surface area contributed by atoms with Gasteiger partial charge in [-0.1, -0.05) is 6.07 Å². The minimum atomic E-state index is -0.364. The van der Waals surface area contributed by atoms with Gasteiger partial charge in [0.2, 0.25) is 0 Å². The van der Waals surface area contributed by atoms with Crippen LogP contribution in [-0.4, -0.2) is 21.4 Å². The van der Waals surface area contributed by atoms with Gasteiger partial charge in [-0.3, -0.25) is 4.79 Å². The fourth-order valence-corrected chi connectivity index (χ4v) is 7.78. The van der Waals surface area contributed by atoms with Gasteiger partial charge < -0.3 is 15.6 Å². The van der Waals surface area contributed by atoms with Gasteiger partial charge in [-0.05, 0) is 129 Å². The standard InChI is InChI=1S/C32H33FN4O/c1-19(37-32-16-20-12-21(17-32)14-22(13-20)18-32)25-6-11-28-29(15-25)36-30(35-28)23-4-9-27(10-5-23)34-31(38)24-2-7-26(33)8-3-24/h2-11,15,19-22,37H,12-14,16-18H2,1H3,(H,34,38)(H,35,36). The number of hydrogen-bond donors (Lipinski definition) is 3. The first-order chi connectivity index (χ1) is 18.4. The molecule has 1 atom stereocenters. The molecule has 5 nitrogen and oxygen atoms in total. The summed E-state index contributed by atoms with van der Waals surface area (Å²) in [7, 11) is 0. The Morgan fingerprint density at radius 3 is 2.26 bits per heavy atom. The van der Waals surface area contributed by atoms with Crippen LogP contribution in [0.2, 0.25) is 0 Å². The number of halogens is 1. The van der Waals surface area contributed by atoms with Gasteiger partial charge in [0.1, 0.15) is 11.6 Å². The number of nitrogens with zero attached hydrogens (tertiary/aromatic N) is 1. The molecule has 8 rings (SSSR count). The number of anilines is 1. The topological polar surface area (TPSA) is 69.8 Å². The Hall–Kier alpha value is -3.51. The number of aromatic nitrogens is 2. The van der Waals surface area contributed by atoms with Gasteiger partial charge in [-0.15, -0.1) is 0 Å². The van der Waals surface area contributed by atoms with E-state index in [0.717, 1.165) is 40.2 Å². The smallest absolute Gasteiger partial charge is 0.255 e. The number of aromatic amines is 1. The highest BCUT2D eigenvalue weighted by Crippen LogP contribution is 2.56. The summed E-state index contributed by atoms with van der Waals surface area (Å²) in [5.41, 5.74) is 5.63. The zero-order chi connectivity index (χ0) is 25.9. The molecule has 0 saturated heterocycles. The van der Waals surface area contributed by atoms with Gasteiger partial charge >= 0.3 is 0 Å². The fraction of sp³-hybridized carbons (Fsp3) is 0.375. The zero-order valence-corrected chi connectivity index (χ0v) is 21.6. The van der Waals surface area contributed by atoms with Crippen LogP contribution in [0, 0.1) is 23.6 Å². The molecule has 0 radical (unpaired) electrons. The average Bonchev–Trinajstić information content (AvgIpc) is 3.32. The van der Waals surface area contributed by atoms with Crippen LogP contribution in [0.15, 0.2) is 66.7 Å². The predicted octanol–water partition coefficient (Wildman–Crippen LogP) is 7.24. The molecule has 4 bridgehead atoms. The minimum absolute atomic E-state index is 0.273. The molecule has 0 spiro atoms. The van der Waals surface area contributed by atoms with Crippen LogP contribution in [0.1, 0.15) is 67.4 Å². The summed E-state index contributed by atoms with van der Waals surface area (Å²) in [6.07, 6.45) is 8.42. The van der Waals surface area contributed by atoms with Gasteiger partial charge in [0.25, 0.3) is 5.91 Å². The van der Waals surface area contributed by atoms with E-state index in [2.05, 4.69) is 40.7 Å². The molecule has 194 valence electrons. The van der Waals surface area contributed by atoms with E-state index in [9.17, 15) is 9.18 Å². The number of hydrogen-bond acceptors (Lipinski definition) is 3. The zero-order valence-electron chi connectivity index (χ0n) is 21.6. The van der Waals surface area contributed by atoms with Crippen LogP contribution < -0.4 is 10.6 Å². The van der Waals surface area contributed by atoms with Crippen LogP contribution in [0.5, 0.6) is 0 Å². The third-order valence-electron chi connectivity index (χ3n) is 9.09. The summed E-state index contributed by atoms with van der Waals surface area (Å²) in [4.78, 5) is 20.7. The molecule has 38 heavy (non-hydrogen) atoms. The van der Waals surface area contributed by atoms with Crippen molar-refractivity contribution in [1.29, 1.82) is 0 Å². The third kappa shape index (κ3) is 4.41. The molecule has 1 amide bonds. The molecular formula is C32H33FN4O. The van der Waals surface area contributed by atoms with Crippen molar-refractivity contribution in [2.75, 3.05) is 5.32 Å². The van der Waals surface area contributed by atoms with Gasteiger partial charge in [0.15, 0.2) is 0 Å². The summed E-state index contributed by atoms with van der Waals surface area (Å²) in [6, 6.07) is 20.0. The van der Waals surface area contributed by atoms with Crippen molar-refractivity contribution in [1.82, 2.24) is 15.3 Å². The van der Waals surface area contributed by atoms with Crippen LogP contribution in [0.25, 0.3) is 22.4 Å². The summed E-state index contributed by atoms with van der Waals surface area (Å²) in [5.74, 6) is 2.96. The number of carbonyl (C=O) groups excluding carboxylic acids is 1. The van der Waals surface area contributed by atoms with Gasteiger partial charge in [-0.25, -0.2) is 9.37 Å². The molecule has 4 fully saturated rings. The molecule has 3 aromatic carbocycles. The van der Waals surface area contributed by atoms with E-state index in [1.807, 2.05) is 24.3 Å². The molecule has 4 aromatic rings. The van der Waals surface area contributed by atoms with Gasteiger partial charge in [-0.2, -0.15) is 0 Å². The van der Waals surface area contributed by atoms with E-state index in [-0.39, 0.29) is 11.7 Å². The first-order valence-corrected chi connectivity index (χ1v) is 13.9. The normalized spacial score (nSPS) is 26.5. The van der Waals surface area contributed by atoms with E-state index in [1.54, 1.807) is 0 Å². The molecule has 4 aliphatic carbocycles. The number of benzene rings is 3. The highest BCUT2D eigenvalue weighted by Gasteiger charge is 2.51. The Morgan fingerprint density at radius 1 is 0.947 bits per heavy atom. The maximum Gasteiger partial charge on any atom is 0.255 e. The summed E-state index contributed by atoms with van der Waals surface area (Å²) >= 11 is 0. The highest BCUT2D eigenvalue weighted by atomic mass is 19.1. The number of carbonyl (C=O) groups is 1. The first-order valence-electron chi connectivity index (χ1n) is 13.9. The molecule has 3 N–H and O–H groups in total. The number of imidazole rings is 1. The number of fused-ring (bicyclic) bond motifs is 1. The van der Waals surface area contributed by atoms with E-state index < -0.39 is 0 Å². The molecule has 1 aromatic heterocycles. The number of amides is 1. The number of H-pyrrole nitrogens is 1. The van der Waals surface area contributed by atoms with Crippen molar-refractivity contribution in [2.24, 2.45) is 17.8 Å². The molecule has 4 aliphatic rings. The Balaban J connectivity index is 1.05. The maximum absolute atomic E-state index is 13.1. The average molecular weight is 509 g/mol. The molecule has 6 heteroatoms. The molecule has 0 aliphatic heterocycles. The molecule has 1 unspecified atom stereocenters. The summed E-state index contributed by atoms with van der Waals surface area (Å²) < 4.78 is 13.1. The molecule has 1 heterocycles. The number of nitrogens with one attached hydrogen (secondary N) is 3. The van der Waals surface area contributed by atoms with Crippen molar-refractivity contribution in [3.63, 3.8) is 0 Å². The van der Waals surface area contributed by atoms with Gasteiger partial charge in [0.05, 0.1) is 11.0 Å². The van der Waals surface area contributed by atoms with Crippen LogP contribution in [-0.2, 0) is 0 Å². The lowest BCUT2D eigenvalue weighted by Gasteiger charge is -2.57. The Labute approximate surface area is 222 Å². The molecule has 4 saturated carbocycles. The van der Waals surface area contributed by atoms with E-state index in [4.69, 9.17) is 4.98 Å². The third-order valence-corrected chi connectivity index (χ3v) is 9.09. The summed E-state index contributed by atoms with van der Waals surface area (Å²) in [6.45, 7) is 2.30. The van der Waals surface area contributed by atoms with Crippen LogP contribution in [0.3, 0.4) is 0 Å². The van der Waals surface area contributed by atoms with Crippen molar-refractivity contribution in [2.45, 2.75) is 57.0 Å². The first kappa shape index (κ1) is 23.6. The minimum Gasteiger partial charge on any atom is -0.338 e. The largest absolute Gasteiger partial charge is 0.338 e. The lowest BCUT2D eigenvalue weighted by molar-refractivity contribution is -0.0245. The SMILES string of the molecule is CC(NC12CC3CC(CC(C3)C1)C2)c1ccc2nc(-c3ccc(NC(=O)c4ccc(F)cc4)cc3)[nH]c2c1. The lowest BCUT2D eigenvalue weighted by Crippen LogP contribution is -2.58. The maximum atomic E-state index is 13.1. The van der Waals surface area contributed by atoms with Crippen molar-refractivity contribution < 1.29 is 9.18 Å². The van der Waals surface area contributed by atoms with Crippen molar-refractivity contribution >= 4 is 22.6 Å². The van der Waals surface area contributed by atoms with E-state index in [0.29, 0.717) is 22.8 Å².